The third-order valence-corrected chi connectivity index (χ3v) is 5.62. The molecule has 1 heterocycles. The molecule has 0 aliphatic rings. The first-order chi connectivity index (χ1) is 16.0. The van der Waals surface area contributed by atoms with Gasteiger partial charge in [-0.05, 0) is 59.6 Å². The van der Waals surface area contributed by atoms with E-state index in [1.54, 1.807) is 36.4 Å². The fraction of sp³-hybridized carbons (Fsp3) is 0.160. The Bertz CT molecular complexity index is 1460. The van der Waals surface area contributed by atoms with E-state index in [-0.39, 0.29) is 0 Å². The highest BCUT2D eigenvalue weighted by molar-refractivity contribution is 9.10. The van der Waals surface area contributed by atoms with Crippen molar-refractivity contribution >= 4 is 33.0 Å². The second-order valence-electron chi connectivity index (χ2n) is 7.37. The molecular weight excluding hydrogens is 486 g/mol. The largest absolute Gasteiger partial charge is 0.490 e. The lowest BCUT2D eigenvalue weighted by Crippen LogP contribution is -2.32. The molecule has 0 fully saturated rings. The van der Waals surface area contributed by atoms with Crippen molar-refractivity contribution in [3.05, 3.63) is 103 Å². The maximum Gasteiger partial charge on any atom is 0.349 e. The van der Waals surface area contributed by atoms with Crippen LogP contribution in [0.5, 0.6) is 11.5 Å². The van der Waals surface area contributed by atoms with Crippen LogP contribution in [-0.2, 0) is 6.61 Å². The molecule has 0 unspecified atom stereocenters. The monoisotopic (exact) mass is 507 g/mol. The molecule has 33 heavy (non-hydrogen) atoms. The molecule has 0 radical (unpaired) electrons. The van der Waals surface area contributed by atoms with Crippen molar-refractivity contribution in [3.8, 4) is 11.5 Å². The second-order valence-corrected chi connectivity index (χ2v) is 8.22. The minimum Gasteiger partial charge on any atom is -0.490 e. The fourth-order valence-electron chi connectivity index (χ4n) is 3.37. The summed E-state index contributed by atoms with van der Waals surface area (Å²) in [5.74, 6) is 1.11. The van der Waals surface area contributed by atoms with Crippen LogP contribution in [0.2, 0.25) is 0 Å². The number of benzene rings is 3. The summed E-state index contributed by atoms with van der Waals surface area (Å²) < 4.78 is 13.2. The van der Waals surface area contributed by atoms with E-state index in [4.69, 9.17) is 9.47 Å². The standard InChI is InChI=1S/C25H22BrN3O4/c1-3-32-22-12-18(20(26)13-23(22)33-15-17-8-6-7-16(2)11-17)14-27-29-24(30)19-9-4-5-10-21(19)28-25(29)31/h4-14H,3,15H2,1-2H3,(H,28,31). The molecule has 0 spiro atoms. The predicted molar refractivity (Wildman–Crippen MR) is 133 cm³/mol. The Kier molecular flexibility index (Phi) is 6.74. The maximum atomic E-state index is 12.7. The van der Waals surface area contributed by atoms with Crippen molar-refractivity contribution in [1.29, 1.82) is 0 Å². The maximum absolute atomic E-state index is 12.7. The topological polar surface area (TPSA) is 85.7 Å². The number of nitrogens with one attached hydrogen (secondary N) is 1. The number of halogens is 1. The molecule has 1 aromatic heterocycles. The Morgan fingerprint density at radius 3 is 2.61 bits per heavy atom. The smallest absolute Gasteiger partial charge is 0.349 e. The quantitative estimate of drug-likeness (QED) is 0.369. The third-order valence-electron chi connectivity index (χ3n) is 4.94. The van der Waals surface area contributed by atoms with Crippen LogP contribution in [0.1, 0.15) is 23.6 Å². The number of H-pyrrole nitrogens is 1. The predicted octanol–water partition coefficient (Wildman–Crippen LogP) is 4.62. The van der Waals surface area contributed by atoms with Gasteiger partial charge in [0.25, 0.3) is 5.56 Å². The van der Waals surface area contributed by atoms with E-state index >= 15 is 0 Å². The van der Waals surface area contributed by atoms with Crippen molar-refractivity contribution in [1.82, 2.24) is 9.66 Å². The van der Waals surface area contributed by atoms with Crippen LogP contribution < -0.4 is 20.7 Å². The van der Waals surface area contributed by atoms with E-state index in [1.807, 2.05) is 32.0 Å². The van der Waals surface area contributed by atoms with E-state index in [0.717, 1.165) is 15.8 Å². The first-order valence-corrected chi connectivity index (χ1v) is 11.2. The summed E-state index contributed by atoms with van der Waals surface area (Å²) in [6.07, 6.45) is 1.43. The van der Waals surface area contributed by atoms with Gasteiger partial charge in [-0.15, -0.1) is 4.68 Å². The number of ether oxygens (including phenoxy) is 2. The average molecular weight is 508 g/mol. The van der Waals surface area contributed by atoms with Gasteiger partial charge in [0.15, 0.2) is 11.5 Å². The van der Waals surface area contributed by atoms with E-state index in [0.29, 0.717) is 45.7 Å². The van der Waals surface area contributed by atoms with E-state index < -0.39 is 11.2 Å². The number of aromatic amines is 1. The van der Waals surface area contributed by atoms with Crippen LogP contribution in [0.3, 0.4) is 0 Å². The summed E-state index contributed by atoms with van der Waals surface area (Å²) in [5.41, 5.74) is 2.19. The van der Waals surface area contributed by atoms with Crippen molar-refractivity contribution < 1.29 is 9.47 Å². The SMILES string of the molecule is CCOc1cc(C=Nn2c(=O)[nH]c3ccccc3c2=O)c(Br)cc1OCc1cccc(C)c1. The Morgan fingerprint density at radius 2 is 1.82 bits per heavy atom. The summed E-state index contributed by atoms with van der Waals surface area (Å²) >= 11 is 3.52. The molecule has 0 saturated carbocycles. The molecule has 168 valence electrons. The number of rotatable bonds is 7. The molecule has 0 aliphatic heterocycles. The number of nitrogens with zero attached hydrogens (tertiary/aromatic N) is 2. The van der Waals surface area contributed by atoms with Crippen molar-refractivity contribution in [3.63, 3.8) is 0 Å². The summed E-state index contributed by atoms with van der Waals surface area (Å²) in [6, 6.07) is 18.4. The Labute approximate surface area is 198 Å². The summed E-state index contributed by atoms with van der Waals surface area (Å²) in [6.45, 7) is 4.76. The zero-order valence-corrected chi connectivity index (χ0v) is 19.8. The van der Waals surface area contributed by atoms with Gasteiger partial charge in [-0.3, -0.25) is 4.79 Å². The lowest BCUT2D eigenvalue weighted by Gasteiger charge is -2.14. The Hall–Kier alpha value is -3.65. The highest BCUT2D eigenvalue weighted by Crippen LogP contribution is 2.34. The van der Waals surface area contributed by atoms with Gasteiger partial charge in [-0.25, -0.2) is 4.79 Å². The van der Waals surface area contributed by atoms with E-state index in [2.05, 4.69) is 32.1 Å². The summed E-state index contributed by atoms with van der Waals surface area (Å²) in [5, 5.41) is 4.51. The van der Waals surface area contributed by atoms with Gasteiger partial charge >= 0.3 is 5.69 Å². The first kappa shape index (κ1) is 22.5. The van der Waals surface area contributed by atoms with E-state index in [1.165, 1.54) is 6.21 Å². The van der Waals surface area contributed by atoms with Crippen molar-refractivity contribution in [2.75, 3.05) is 6.61 Å². The molecule has 1 N–H and O–H groups in total. The summed E-state index contributed by atoms with van der Waals surface area (Å²) in [7, 11) is 0. The van der Waals surface area contributed by atoms with Gasteiger partial charge < -0.3 is 14.5 Å². The Balaban J connectivity index is 1.65. The number of aryl methyl sites for hydroxylation is 1. The van der Waals surface area contributed by atoms with Gasteiger partial charge in [0.05, 0.1) is 23.7 Å². The van der Waals surface area contributed by atoms with Gasteiger partial charge in [-0.1, -0.05) is 42.0 Å². The Morgan fingerprint density at radius 1 is 1.03 bits per heavy atom. The zero-order chi connectivity index (χ0) is 23.4. The molecule has 4 aromatic rings. The van der Waals surface area contributed by atoms with Crippen LogP contribution in [0.25, 0.3) is 10.9 Å². The molecule has 8 heteroatoms. The molecular formula is C25H22BrN3O4. The van der Waals surface area contributed by atoms with Gasteiger partial charge in [0.1, 0.15) is 6.61 Å². The summed E-state index contributed by atoms with van der Waals surface area (Å²) in [4.78, 5) is 27.7. The number of hydrogen-bond donors (Lipinski definition) is 1. The first-order valence-electron chi connectivity index (χ1n) is 10.4. The minimum absolute atomic E-state index is 0.378. The van der Waals surface area contributed by atoms with Crippen molar-refractivity contribution in [2.24, 2.45) is 5.10 Å². The molecule has 4 rings (SSSR count). The lowest BCUT2D eigenvalue weighted by atomic mass is 10.1. The van der Waals surface area contributed by atoms with Crippen LogP contribution >= 0.6 is 15.9 Å². The van der Waals surface area contributed by atoms with Gasteiger partial charge in [-0.2, -0.15) is 5.10 Å². The second kappa shape index (κ2) is 9.87. The van der Waals surface area contributed by atoms with Crippen LogP contribution in [0.4, 0.5) is 0 Å². The van der Waals surface area contributed by atoms with E-state index in [9.17, 15) is 9.59 Å². The van der Waals surface area contributed by atoms with Crippen LogP contribution in [0.15, 0.2) is 79.8 Å². The average Bonchev–Trinajstić information content (AvgIpc) is 2.80. The highest BCUT2D eigenvalue weighted by atomic mass is 79.9. The zero-order valence-electron chi connectivity index (χ0n) is 18.2. The molecule has 3 aromatic carbocycles. The normalized spacial score (nSPS) is 11.2. The fourth-order valence-corrected chi connectivity index (χ4v) is 3.80. The number of aromatic nitrogens is 2. The third kappa shape index (κ3) is 5.06. The molecule has 0 atom stereocenters. The molecule has 0 amide bonds. The highest BCUT2D eigenvalue weighted by Gasteiger charge is 2.12. The van der Waals surface area contributed by atoms with Gasteiger partial charge in [0, 0.05) is 10.0 Å². The van der Waals surface area contributed by atoms with Crippen molar-refractivity contribution in [2.45, 2.75) is 20.5 Å². The van der Waals surface area contributed by atoms with Crippen LogP contribution in [-0.4, -0.2) is 22.5 Å². The number of para-hydroxylation sites is 1. The lowest BCUT2D eigenvalue weighted by molar-refractivity contribution is 0.269. The van der Waals surface area contributed by atoms with Gasteiger partial charge in [0.2, 0.25) is 0 Å². The molecule has 0 bridgehead atoms. The molecule has 0 aliphatic carbocycles. The molecule has 7 nitrogen and oxygen atoms in total. The minimum atomic E-state index is -0.616. The molecule has 0 saturated heterocycles. The van der Waals surface area contributed by atoms with Crippen LogP contribution in [0, 0.1) is 6.92 Å². The number of fused-ring (bicyclic) bond motifs is 1. The number of hydrogen-bond acceptors (Lipinski definition) is 5.